The van der Waals surface area contributed by atoms with Crippen LogP contribution in [0.15, 0.2) is 42.5 Å². The molecule has 1 heterocycles. The van der Waals surface area contributed by atoms with E-state index < -0.39 is 29.5 Å². The third-order valence-corrected chi connectivity index (χ3v) is 4.51. The van der Waals surface area contributed by atoms with Gasteiger partial charge in [-0.05, 0) is 37.3 Å². The SMILES string of the molecule is C[C@@H]1CC(=O)Nc2ccccc2N1C(=O)CN(C)C(=O)c1ccc(F)c(F)c1. The number of nitrogens with zero attached hydrogens (tertiary/aromatic N) is 2. The molecule has 1 N–H and O–H groups in total. The fourth-order valence-corrected chi connectivity index (χ4v) is 3.17. The first kappa shape index (κ1) is 19.5. The van der Waals surface area contributed by atoms with Crippen LogP contribution in [0.3, 0.4) is 0 Å². The fraction of sp³-hybridized carbons (Fsp3) is 0.250. The number of halogens is 2. The molecule has 0 aromatic heterocycles. The molecule has 6 nitrogen and oxygen atoms in total. The Morgan fingerprint density at radius 3 is 2.61 bits per heavy atom. The molecule has 28 heavy (non-hydrogen) atoms. The molecule has 1 atom stereocenters. The van der Waals surface area contributed by atoms with Gasteiger partial charge in [-0.3, -0.25) is 14.4 Å². The van der Waals surface area contributed by atoms with Crippen molar-refractivity contribution in [2.24, 2.45) is 0 Å². The van der Waals surface area contributed by atoms with Gasteiger partial charge in [0.15, 0.2) is 11.6 Å². The van der Waals surface area contributed by atoms with Crippen LogP contribution in [0.1, 0.15) is 23.7 Å². The van der Waals surface area contributed by atoms with Crippen molar-refractivity contribution in [3.8, 4) is 0 Å². The van der Waals surface area contributed by atoms with E-state index in [2.05, 4.69) is 5.32 Å². The maximum Gasteiger partial charge on any atom is 0.254 e. The summed E-state index contributed by atoms with van der Waals surface area (Å²) in [5, 5.41) is 2.76. The lowest BCUT2D eigenvalue weighted by Crippen LogP contribution is -2.45. The maximum absolute atomic E-state index is 13.4. The third kappa shape index (κ3) is 3.85. The molecule has 0 fully saturated rings. The predicted octanol–water partition coefficient (Wildman–Crippen LogP) is 2.80. The van der Waals surface area contributed by atoms with Gasteiger partial charge in [0.25, 0.3) is 5.91 Å². The number of fused-ring (bicyclic) bond motifs is 1. The van der Waals surface area contributed by atoms with Crippen LogP contribution in [0.2, 0.25) is 0 Å². The molecule has 0 spiro atoms. The van der Waals surface area contributed by atoms with Gasteiger partial charge in [-0.1, -0.05) is 12.1 Å². The summed E-state index contributed by atoms with van der Waals surface area (Å²) in [5.41, 5.74) is 0.995. The van der Waals surface area contributed by atoms with Crippen LogP contribution in [0.5, 0.6) is 0 Å². The minimum Gasteiger partial charge on any atom is -0.332 e. The Balaban J connectivity index is 1.82. The van der Waals surface area contributed by atoms with Gasteiger partial charge in [-0.15, -0.1) is 0 Å². The topological polar surface area (TPSA) is 69.7 Å². The van der Waals surface area contributed by atoms with Crippen molar-refractivity contribution in [1.29, 1.82) is 0 Å². The summed E-state index contributed by atoms with van der Waals surface area (Å²) in [7, 11) is 1.40. The number of anilines is 2. The first-order valence-electron chi connectivity index (χ1n) is 8.69. The summed E-state index contributed by atoms with van der Waals surface area (Å²) in [6, 6.07) is 9.31. The number of benzene rings is 2. The molecular formula is C20H19F2N3O3. The average Bonchev–Trinajstić information content (AvgIpc) is 2.77. The molecule has 2 aromatic carbocycles. The van der Waals surface area contributed by atoms with Crippen molar-refractivity contribution < 1.29 is 23.2 Å². The van der Waals surface area contributed by atoms with Crippen molar-refractivity contribution in [3.05, 3.63) is 59.7 Å². The van der Waals surface area contributed by atoms with E-state index in [1.54, 1.807) is 31.2 Å². The van der Waals surface area contributed by atoms with Crippen LogP contribution >= 0.6 is 0 Å². The van der Waals surface area contributed by atoms with Gasteiger partial charge >= 0.3 is 0 Å². The number of nitrogens with one attached hydrogen (secondary N) is 1. The van der Waals surface area contributed by atoms with Crippen LogP contribution < -0.4 is 10.2 Å². The Morgan fingerprint density at radius 1 is 1.18 bits per heavy atom. The molecule has 0 aliphatic carbocycles. The maximum atomic E-state index is 13.4. The molecule has 146 valence electrons. The van der Waals surface area contributed by atoms with Crippen LogP contribution in [0.25, 0.3) is 0 Å². The van der Waals surface area contributed by atoms with E-state index in [4.69, 9.17) is 0 Å². The normalized spacial score (nSPS) is 16.1. The number of likely N-dealkylation sites (N-methyl/N-ethyl adjacent to an activating group) is 1. The molecule has 0 radical (unpaired) electrons. The quantitative estimate of drug-likeness (QED) is 0.881. The van der Waals surface area contributed by atoms with Crippen LogP contribution in [-0.4, -0.2) is 42.3 Å². The Labute approximate surface area is 160 Å². The lowest BCUT2D eigenvalue weighted by Gasteiger charge is -2.29. The Morgan fingerprint density at radius 2 is 1.89 bits per heavy atom. The van der Waals surface area contributed by atoms with Gasteiger partial charge in [0.05, 0.1) is 11.4 Å². The number of rotatable bonds is 3. The standard InChI is InChI=1S/C20H19F2N3O3/c1-12-9-18(26)23-16-5-3-4-6-17(16)25(12)19(27)11-24(2)20(28)13-7-8-14(21)15(22)10-13/h3-8,10,12H,9,11H2,1-2H3,(H,23,26)/t12-/m1/s1. The van der Waals surface area contributed by atoms with E-state index in [1.807, 2.05) is 0 Å². The van der Waals surface area contributed by atoms with Crippen molar-refractivity contribution in [3.63, 3.8) is 0 Å². The van der Waals surface area contributed by atoms with E-state index >= 15 is 0 Å². The molecule has 1 aliphatic rings. The first-order chi connectivity index (χ1) is 13.3. The molecule has 0 saturated carbocycles. The van der Waals surface area contributed by atoms with E-state index in [1.165, 1.54) is 11.9 Å². The molecule has 0 unspecified atom stereocenters. The van der Waals surface area contributed by atoms with Gasteiger partial charge in [-0.25, -0.2) is 8.78 Å². The van der Waals surface area contributed by atoms with Crippen LogP contribution in [-0.2, 0) is 9.59 Å². The Hall–Kier alpha value is -3.29. The van der Waals surface area contributed by atoms with Crippen LogP contribution in [0.4, 0.5) is 20.2 Å². The highest BCUT2D eigenvalue weighted by molar-refractivity contribution is 6.06. The summed E-state index contributed by atoms with van der Waals surface area (Å²) < 4.78 is 26.5. The average molecular weight is 387 g/mol. The van der Waals surface area contributed by atoms with E-state index in [9.17, 15) is 23.2 Å². The largest absolute Gasteiger partial charge is 0.332 e. The summed E-state index contributed by atoms with van der Waals surface area (Å²) in [6.45, 7) is 1.46. The molecule has 1 aliphatic heterocycles. The third-order valence-electron chi connectivity index (χ3n) is 4.51. The van der Waals surface area contributed by atoms with Gasteiger partial charge in [-0.2, -0.15) is 0 Å². The lowest BCUT2D eigenvalue weighted by molar-refractivity contribution is -0.119. The van der Waals surface area contributed by atoms with Crippen molar-refractivity contribution in [2.75, 3.05) is 23.8 Å². The van der Waals surface area contributed by atoms with Gasteiger partial charge in [0, 0.05) is 25.1 Å². The fourth-order valence-electron chi connectivity index (χ4n) is 3.17. The van der Waals surface area contributed by atoms with Gasteiger partial charge in [0.2, 0.25) is 11.8 Å². The Kier molecular flexibility index (Phi) is 5.39. The van der Waals surface area contributed by atoms with Crippen molar-refractivity contribution >= 4 is 29.1 Å². The highest BCUT2D eigenvalue weighted by atomic mass is 19.2. The number of hydrogen-bond donors (Lipinski definition) is 1. The number of hydrogen-bond acceptors (Lipinski definition) is 3. The van der Waals surface area contributed by atoms with E-state index in [0.29, 0.717) is 11.4 Å². The first-order valence-corrected chi connectivity index (χ1v) is 8.69. The highest BCUT2D eigenvalue weighted by Gasteiger charge is 2.30. The summed E-state index contributed by atoms with van der Waals surface area (Å²) in [6.07, 6.45) is 0.112. The molecule has 8 heteroatoms. The summed E-state index contributed by atoms with van der Waals surface area (Å²) in [5.74, 6) is -3.40. The number of amides is 3. The summed E-state index contributed by atoms with van der Waals surface area (Å²) in [4.78, 5) is 40.1. The lowest BCUT2D eigenvalue weighted by atomic mass is 10.1. The molecule has 0 saturated heterocycles. The zero-order chi connectivity index (χ0) is 20.4. The Bertz CT molecular complexity index is 948. The number of carbonyl (C=O) groups excluding carboxylic acids is 3. The van der Waals surface area contributed by atoms with Gasteiger partial charge in [0.1, 0.15) is 6.54 Å². The molecule has 3 amide bonds. The second-order valence-electron chi connectivity index (χ2n) is 6.67. The monoisotopic (exact) mass is 387 g/mol. The molecule has 3 rings (SSSR count). The number of para-hydroxylation sites is 2. The van der Waals surface area contributed by atoms with Crippen molar-refractivity contribution in [1.82, 2.24) is 4.90 Å². The highest BCUT2D eigenvalue weighted by Crippen LogP contribution is 2.31. The second-order valence-corrected chi connectivity index (χ2v) is 6.67. The minimum atomic E-state index is -1.13. The zero-order valence-corrected chi connectivity index (χ0v) is 15.4. The second kappa shape index (κ2) is 7.75. The molecule has 2 aromatic rings. The van der Waals surface area contributed by atoms with Crippen LogP contribution in [0, 0.1) is 11.6 Å². The molecular weight excluding hydrogens is 368 g/mol. The van der Waals surface area contributed by atoms with E-state index in [-0.39, 0.29) is 24.4 Å². The summed E-state index contributed by atoms with van der Waals surface area (Å²) >= 11 is 0. The van der Waals surface area contributed by atoms with E-state index in [0.717, 1.165) is 23.1 Å². The molecule has 0 bridgehead atoms. The predicted molar refractivity (Wildman–Crippen MR) is 100.0 cm³/mol. The minimum absolute atomic E-state index is 0.0599. The smallest absolute Gasteiger partial charge is 0.254 e. The number of carbonyl (C=O) groups is 3. The van der Waals surface area contributed by atoms with Crippen molar-refractivity contribution in [2.45, 2.75) is 19.4 Å². The van der Waals surface area contributed by atoms with Gasteiger partial charge < -0.3 is 15.1 Å². The zero-order valence-electron chi connectivity index (χ0n) is 15.4.